The van der Waals surface area contributed by atoms with E-state index in [2.05, 4.69) is 48.6 Å². The van der Waals surface area contributed by atoms with Crippen molar-refractivity contribution in [2.75, 3.05) is 0 Å². The number of aliphatic carboxylic acids is 1. The van der Waals surface area contributed by atoms with Gasteiger partial charge in [-0.2, -0.15) is 0 Å². The Labute approximate surface area is 165 Å². The quantitative estimate of drug-likeness (QED) is 0.596. The molecule has 1 aromatic rings. The van der Waals surface area contributed by atoms with Gasteiger partial charge in [0.1, 0.15) is 0 Å². The highest BCUT2D eigenvalue weighted by atomic mass is 16.4. The lowest BCUT2D eigenvalue weighted by atomic mass is 9.50. The second kappa shape index (κ2) is 6.89. The minimum absolute atomic E-state index is 0.0116. The van der Waals surface area contributed by atoms with Gasteiger partial charge in [-0.05, 0) is 60.0 Å². The topological polar surface area (TPSA) is 57.5 Å². The molecule has 4 aliphatic rings. The third kappa shape index (κ3) is 2.72. The monoisotopic (exact) mass is 374 g/mol. The lowest BCUT2D eigenvalue weighted by molar-refractivity contribution is -0.134. The van der Waals surface area contributed by atoms with Gasteiger partial charge in [0.05, 0.1) is 6.10 Å². The Morgan fingerprint density at radius 3 is 2.68 bits per heavy atom. The lowest BCUT2D eigenvalue weighted by Crippen LogP contribution is -2.50. The van der Waals surface area contributed by atoms with E-state index in [9.17, 15) is 15.0 Å². The van der Waals surface area contributed by atoms with E-state index in [1.165, 1.54) is 5.56 Å². The predicted molar refractivity (Wildman–Crippen MR) is 109 cm³/mol. The summed E-state index contributed by atoms with van der Waals surface area (Å²) >= 11 is 0. The Kier molecular flexibility index (Phi) is 4.36. The summed E-state index contributed by atoms with van der Waals surface area (Å²) in [5, 5.41) is 20.1. The molecule has 0 aliphatic heterocycles. The van der Waals surface area contributed by atoms with Crippen molar-refractivity contribution in [3.05, 3.63) is 77.9 Å². The Balaban J connectivity index is 1.28. The van der Waals surface area contributed by atoms with Gasteiger partial charge >= 0.3 is 5.97 Å². The van der Waals surface area contributed by atoms with Crippen LogP contribution in [0.5, 0.6) is 0 Å². The number of aliphatic hydroxyl groups excluding tert-OH is 1. The molecule has 0 saturated heterocycles. The first-order valence-corrected chi connectivity index (χ1v) is 10.3. The maximum atomic E-state index is 11.6. The smallest absolute Gasteiger partial charge is 0.331 e. The maximum Gasteiger partial charge on any atom is 0.331 e. The van der Waals surface area contributed by atoms with Crippen LogP contribution in [-0.2, 0) is 4.79 Å². The van der Waals surface area contributed by atoms with Crippen LogP contribution in [0.25, 0.3) is 6.08 Å². The number of allylic oxidation sites excluding steroid dienone is 5. The largest absolute Gasteiger partial charge is 0.478 e. The molecule has 0 radical (unpaired) electrons. The second-order valence-corrected chi connectivity index (χ2v) is 8.72. The fraction of sp³-hybridized carbons (Fsp3) is 0.400. The van der Waals surface area contributed by atoms with E-state index in [4.69, 9.17) is 0 Å². The van der Waals surface area contributed by atoms with Crippen LogP contribution in [-0.4, -0.2) is 22.3 Å². The van der Waals surface area contributed by atoms with E-state index in [0.29, 0.717) is 35.2 Å². The van der Waals surface area contributed by atoms with Crippen molar-refractivity contribution in [1.82, 2.24) is 0 Å². The molecule has 0 unspecified atom stereocenters. The van der Waals surface area contributed by atoms with Crippen LogP contribution in [0.1, 0.15) is 18.4 Å². The molecular formula is C25H26O3. The maximum absolute atomic E-state index is 11.6. The summed E-state index contributed by atoms with van der Waals surface area (Å²) in [4.78, 5) is 11.6. The molecule has 1 aromatic carbocycles. The number of rotatable bonds is 5. The second-order valence-electron chi connectivity index (χ2n) is 8.72. The standard InChI is InChI=1S/C25H26O3/c26-22-14-20(25(27)28)18-12-11-17-16(19-13-21(22)24(18)23(17)19)10-6-2-5-9-15-7-3-1-4-8-15/h1-9,11-12,14,16-19,21-24,26H,10,13H2,(H,27,28)/b6-2+,9-5+/t16-,17-,18+,19+,21+,22-,23-,24+/m1/s1. The molecule has 0 heterocycles. The predicted octanol–water partition coefficient (Wildman–Crippen LogP) is 4.33. The molecule has 2 saturated carbocycles. The zero-order valence-electron chi connectivity index (χ0n) is 15.8. The first-order chi connectivity index (χ1) is 13.6. The molecule has 5 rings (SSSR count). The number of benzene rings is 1. The van der Waals surface area contributed by atoms with E-state index in [-0.39, 0.29) is 11.8 Å². The van der Waals surface area contributed by atoms with Crippen molar-refractivity contribution in [2.45, 2.75) is 18.9 Å². The highest BCUT2D eigenvalue weighted by Crippen LogP contribution is 2.67. The van der Waals surface area contributed by atoms with Gasteiger partial charge in [-0.25, -0.2) is 4.79 Å². The molecule has 8 atom stereocenters. The summed E-state index contributed by atoms with van der Waals surface area (Å²) in [5.74, 6) is 1.98. The average molecular weight is 374 g/mol. The molecule has 4 aliphatic carbocycles. The highest BCUT2D eigenvalue weighted by Gasteiger charge is 2.63. The van der Waals surface area contributed by atoms with Crippen molar-refractivity contribution in [3.8, 4) is 0 Å². The van der Waals surface area contributed by atoms with E-state index in [1.807, 2.05) is 18.2 Å². The Morgan fingerprint density at radius 1 is 1.07 bits per heavy atom. The molecule has 28 heavy (non-hydrogen) atoms. The summed E-state index contributed by atoms with van der Waals surface area (Å²) in [6, 6.07) is 10.3. The average Bonchev–Trinajstić information content (AvgIpc) is 3.06. The van der Waals surface area contributed by atoms with Gasteiger partial charge in [0.25, 0.3) is 0 Å². The normalized spacial score (nSPS) is 40.4. The first-order valence-electron chi connectivity index (χ1n) is 10.3. The number of carboxylic acids is 1. The number of hydrogen-bond acceptors (Lipinski definition) is 2. The van der Waals surface area contributed by atoms with Crippen LogP contribution in [0.15, 0.2) is 72.4 Å². The van der Waals surface area contributed by atoms with Crippen LogP contribution >= 0.6 is 0 Å². The van der Waals surface area contributed by atoms with Gasteiger partial charge in [-0.3, -0.25) is 0 Å². The molecule has 0 amide bonds. The molecule has 0 spiro atoms. The molecule has 0 bridgehead atoms. The summed E-state index contributed by atoms with van der Waals surface area (Å²) in [7, 11) is 0. The van der Waals surface area contributed by atoms with Crippen LogP contribution < -0.4 is 0 Å². The summed E-state index contributed by atoms with van der Waals surface area (Å²) in [5.41, 5.74) is 1.60. The first kappa shape index (κ1) is 17.7. The van der Waals surface area contributed by atoms with Crippen molar-refractivity contribution in [1.29, 1.82) is 0 Å². The van der Waals surface area contributed by atoms with E-state index >= 15 is 0 Å². The van der Waals surface area contributed by atoms with Crippen LogP contribution in [0.2, 0.25) is 0 Å². The molecule has 2 N–H and O–H groups in total. The van der Waals surface area contributed by atoms with Crippen molar-refractivity contribution >= 4 is 12.0 Å². The zero-order valence-corrected chi connectivity index (χ0v) is 15.8. The molecule has 3 heteroatoms. The van der Waals surface area contributed by atoms with Gasteiger partial charge < -0.3 is 10.2 Å². The van der Waals surface area contributed by atoms with Crippen molar-refractivity contribution in [2.24, 2.45) is 41.4 Å². The Morgan fingerprint density at radius 2 is 1.89 bits per heavy atom. The van der Waals surface area contributed by atoms with Crippen molar-refractivity contribution < 1.29 is 15.0 Å². The van der Waals surface area contributed by atoms with Gasteiger partial charge in [0, 0.05) is 11.5 Å². The summed E-state index contributed by atoms with van der Waals surface area (Å²) in [6.45, 7) is 0. The number of carbonyl (C=O) groups is 1. The molecule has 3 nitrogen and oxygen atoms in total. The molecular weight excluding hydrogens is 348 g/mol. The summed E-state index contributed by atoms with van der Waals surface area (Å²) in [6.07, 6.45) is 16.1. The van der Waals surface area contributed by atoms with E-state index in [1.54, 1.807) is 6.08 Å². The minimum Gasteiger partial charge on any atom is -0.478 e. The zero-order chi connectivity index (χ0) is 19.3. The minimum atomic E-state index is -0.877. The van der Waals surface area contributed by atoms with E-state index in [0.717, 1.165) is 12.8 Å². The van der Waals surface area contributed by atoms with Crippen LogP contribution in [0.4, 0.5) is 0 Å². The van der Waals surface area contributed by atoms with Crippen LogP contribution in [0, 0.1) is 41.4 Å². The summed E-state index contributed by atoms with van der Waals surface area (Å²) < 4.78 is 0. The van der Waals surface area contributed by atoms with Gasteiger partial charge in [0.15, 0.2) is 0 Å². The number of aliphatic hydroxyl groups is 1. The number of carboxylic acid groups (broad SMARTS) is 1. The molecule has 144 valence electrons. The Bertz CT molecular complexity index is 878. The third-order valence-corrected chi connectivity index (χ3v) is 7.56. The van der Waals surface area contributed by atoms with Gasteiger partial charge in [-0.1, -0.05) is 66.8 Å². The van der Waals surface area contributed by atoms with Crippen molar-refractivity contribution in [3.63, 3.8) is 0 Å². The van der Waals surface area contributed by atoms with Gasteiger partial charge in [-0.15, -0.1) is 0 Å². The highest BCUT2D eigenvalue weighted by molar-refractivity contribution is 5.88. The fourth-order valence-electron chi connectivity index (χ4n) is 6.47. The number of hydrogen-bond donors (Lipinski definition) is 2. The van der Waals surface area contributed by atoms with E-state index < -0.39 is 12.1 Å². The lowest BCUT2D eigenvalue weighted by Gasteiger charge is -2.54. The Hall–Kier alpha value is -2.39. The fourth-order valence-corrected chi connectivity index (χ4v) is 6.47. The van der Waals surface area contributed by atoms with Crippen LogP contribution in [0.3, 0.4) is 0 Å². The van der Waals surface area contributed by atoms with Gasteiger partial charge in [0.2, 0.25) is 0 Å². The molecule has 0 aromatic heterocycles. The third-order valence-electron chi connectivity index (χ3n) is 7.56. The SMILES string of the molecule is O=C(O)C1=C[C@@H](O)[C@@H]2C[C@H]3[C@H](C/C=C/C=C/c4ccccc4)[C@H]4C=C[C@@H]1[C@@H]2[C@H]43. The molecule has 2 fully saturated rings.